The monoisotopic (exact) mass is 336 g/mol. The number of nitrogens with one attached hydrogen (secondary N) is 1. The number of hydrogen-bond acceptors (Lipinski definition) is 2. The van der Waals surface area contributed by atoms with Gasteiger partial charge in [-0.05, 0) is 68.7 Å². The van der Waals surface area contributed by atoms with E-state index in [-0.39, 0.29) is 12.4 Å². The van der Waals surface area contributed by atoms with Crippen LogP contribution >= 0.6 is 35.6 Å². The molecule has 114 valence electrons. The Morgan fingerprint density at radius 2 is 1.95 bits per heavy atom. The molecule has 2 nitrogen and oxygen atoms in total. The van der Waals surface area contributed by atoms with E-state index in [0.717, 1.165) is 54.3 Å². The minimum absolute atomic E-state index is 0. The molecule has 1 fully saturated rings. The Labute approximate surface area is 138 Å². The molecule has 0 unspecified atom stereocenters. The summed E-state index contributed by atoms with van der Waals surface area (Å²) in [6.45, 7) is 7.60. The quantitative estimate of drug-likeness (QED) is 0.864. The maximum absolute atomic E-state index is 6.22. The lowest BCUT2D eigenvalue weighted by Crippen LogP contribution is -2.36. The first-order valence-corrected chi connectivity index (χ1v) is 7.81. The molecule has 0 atom stereocenters. The third kappa shape index (κ3) is 5.42. The fraction of sp³-hybridized carbons (Fsp3) is 0.600. The summed E-state index contributed by atoms with van der Waals surface area (Å²) in [6.07, 6.45) is 2.54. The van der Waals surface area contributed by atoms with Crippen LogP contribution in [-0.2, 0) is 6.54 Å². The Morgan fingerprint density at radius 1 is 1.25 bits per heavy atom. The van der Waals surface area contributed by atoms with Gasteiger partial charge in [-0.25, -0.2) is 0 Å². The molecule has 1 aromatic rings. The normalized spacial score (nSPS) is 16.9. The molecule has 20 heavy (non-hydrogen) atoms. The Bertz CT molecular complexity index is 404. The highest BCUT2D eigenvalue weighted by Crippen LogP contribution is 2.24. The van der Waals surface area contributed by atoms with Crippen LogP contribution in [0.5, 0.6) is 0 Å². The fourth-order valence-electron chi connectivity index (χ4n) is 2.60. The molecule has 1 heterocycles. The van der Waals surface area contributed by atoms with Gasteiger partial charge in [-0.2, -0.15) is 0 Å². The lowest BCUT2D eigenvalue weighted by atomic mass is 9.96. The van der Waals surface area contributed by atoms with Crippen LogP contribution in [0.1, 0.15) is 25.3 Å². The molecule has 1 N–H and O–H groups in total. The van der Waals surface area contributed by atoms with Crippen LogP contribution in [0.3, 0.4) is 0 Å². The number of rotatable bonds is 5. The van der Waals surface area contributed by atoms with Crippen molar-refractivity contribution in [3.63, 3.8) is 0 Å². The number of likely N-dealkylation sites (tertiary alicyclic amines) is 1. The predicted octanol–water partition coefficient (Wildman–Crippen LogP) is 4.24. The minimum Gasteiger partial charge on any atom is -0.317 e. The Balaban J connectivity index is 0.00000200. The van der Waals surface area contributed by atoms with E-state index in [2.05, 4.69) is 17.1 Å². The van der Waals surface area contributed by atoms with Gasteiger partial charge in [-0.1, -0.05) is 30.1 Å². The minimum atomic E-state index is 0. The lowest BCUT2D eigenvalue weighted by Gasteiger charge is -2.32. The SMILES string of the molecule is CCNCC1CCN(Cc2cc(Cl)ccc2Cl)CC1.Cl. The van der Waals surface area contributed by atoms with Crippen molar-refractivity contribution in [2.45, 2.75) is 26.3 Å². The van der Waals surface area contributed by atoms with E-state index in [0.29, 0.717) is 0 Å². The third-order valence-corrected chi connectivity index (χ3v) is 4.40. The molecule has 2 rings (SSSR count). The summed E-state index contributed by atoms with van der Waals surface area (Å²) < 4.78 is 0. The van der Waals surface area contributed by atoms with Crippen LogP contribution < -0.4 is 5.32 Å². The second-order valence-corrected chi connectivity index (χ2v) is 6.11. The van der Waals surface area contributed by atoms with Gasteiger partial charge in [-0.15, -0.1) is 12.4 Å². The molecular formula is C15H23Cl3N2. The molecule has 0 aromatic heterocycles. The van der Waals surface area contributed by atoms with Crippen molar-refractivity contribution in [1.29, 1.82) is 0 Å². The van der Waals surface area contributed by atoms with E-state index >= 15 is 0 Å². The Hall–Kier alpha value is 0.01000. The lowest BCUT2D eigenvalue weighted by molar-refractivity contribution is 0.176. The first-order valence-electron chi connectivity index (χ1n) is 7.06. The number of benzene rings is 1. The van der Waals surface area contributed by atoms with Crippen LogP contribution in [-0.4, -0.2) is 31.1 Å². The topological polar surface area (TPSA) is 15.3 Å². The van der Waals surface area contributed by atoms with Crippen LogP contribution in [0.15, 0.2) is 18.2 Å². The summed E-state index contributed by atoms with van der Waals surface area (Å²) in [6, 6.07) is 5.71. The van der Waals surface area contributed by atoms with Gasteiger partial charge in [0.15, 0.2) is 0 Å². The standard InChI is InChI=1S/C15H22Cl2N2.ClH/c1-2-18-10-12-5-7-19(8-6-12)11-13-9-14(16)3-4-15(13)17;/h3-4,9,12,18H,2,5-8,10-11H2,1H3;1H. The molecule has 0 spiro atoms. The van der Waals surface area contributed by atoms with E-state index < -0.39 is 0 Å². The highest BCUT2D eigenvalue weighted by Gasteiger charge is 2.19. The zero-order valence-electron chi connectivity index (χ0n) is 11.9. The summed E-state index contributed by atoms with van der Waals surface area (Å²) in [7, 11) is 0. The van der Waals surface area contributed by atoms with Crippen LogP contribution in [0.2, 0.25) is 10.0 Å². The van der Waals surface area contributed by atoms with E-state index in [9.17, 15) is 0 Å². The predicted molar refractivity (Wildman–Crippen MR) is 90.3 cm³/mol. The first kappa shape index (κ1) is 18.1. The van der Waals surface area contributed by atoms with Crippen LogP contribution in [0.25, 0.3) is 0 Å². The van der Waals surface area contributed by atoms with Crippen molar-refractivity contribution in [3.05, 3.63) is 33.8 Å². The van der Waals surface area contributed by atoms with E-state index in [4.69, 9.17) is 23.2 Å². The van der Waals surface area contributed by atoms with Gasteiger partial charge in [-0.3, -0.25) is 4.90 Å². The van der Waals surface area contributed by atoms with Gasteiger partial charge in [0.2, 0.25) is 0 Å². The third-order valence-electron chi connectivity index (χ3n) is 3.79. The highest BCUT2D eigenvalue weighted by molar-refractivity contribution is 6.33. The molecule has 1 aliphatic heterocycles. The molecule has 1 aliphatic rings. The van der Waals surface area contributed by atoms with Crippen LogP contribution in [0.4, 0.5) is 0 Å². The summed E-state index contributed by atoms with van der Waals surface area (Å²) >= 11 is 12.2. The molecule has 0 amide bonds. The van der Waals surface area contributed by atoms with Crippen molar-refractivity contribution in [2.24, 2.45) is 5.92 Å². The largest absolute Gasteiger partial charge is 0.317 e. The van der Waals surface area contributed by atoms with Crippen molar-refractivity contribution in [3.8, 4) is 0 Å². The van der Waals surface area contributed by atoms with Gasteiger partial charge in [0.05, 0.1) is 0 Å². The zero-order chi connectivity index (χ0) is 13.7. The number of piperidine rings is 1. The first-order chi connectivity index (χ1) is 9.19. The van der Waals surface area contributed by atoms with Gasteiger partial charge >= 0.3 is 0 Å². The van der Waals surface area contributed by atoms with E-state index in [1.165, 1.54) is 12.8 Å². The second-order valence-electron chi connectivity index (χ2n) is 5.26. The zero-order valence-corrected chi connectivity index (χ0v) is 14.2. The van der Waals surface area contributed by atoms with Crippen LogP contribution in [0, 0.1) is 5.92 Å². The fourth-order valence-corrected chi connectivity index (χ4v) is 2.97. The summed E-state index contributed by atoms with van der Waals surface area (Å²) in [4.78, 5) is 2.47. The Morgan fingerprint density at radius 3 is 2.60 bits per heavy atom. The average Bonchev–Trinajstić information content (AvgIpc) is 2.42. The molecule has 0 radical (unpaired) electrons. The van der Waals surface area contributed by atoms with Crippen molar-refractivity contribution in [1.82, 2.24) is 10.2 Å². The molecular weight excluding hydrogens is 315 g/mol. The average molecular weight is 338 g/mol. The Kier molecular flexibility index (Phi) is 8.23. The van der Waals surface area contributed by atoms with Gasteiger partial charge < -0.3 is 5.32 Å². The van der Waals surface area contributed by atoms with E-state index in [1.54, 1.807) is 0 Å². The van der Waals surface area contributed by atoms with E-state index in [1.807, 2.05) is 18.2 Å². The van der Waals surface area contributed by atoms with Gasteiger partial charge in [0.25, 0.3) is 0 Å². The molecule has 5 heteroatoms. The summed E-state index contributed by atoms with van der Waals surface area (Å²) in [5, 5.41) is 5.03. The maximum Gasteiger partial charge on any atom is 0.0452 e. The summed E-state index contributed by atoms with van der Waals surface area (Å²) in [5.74, 6) is 0.825. The number of hydrogen-bond donors (Lipinski definition) is 1. The van der Waals surface area contributed by atoms with Crippen molar-refractivity contribution < 1.29 is 0 Å². The van der Waals surface area contributed by atoms with Gasteiger partial charge in [0, 0.05) is 16.6 Å². The smallest absolute Gasteiger partial charge is 0.0452 e. The molecule has 1 saturated heterocycles. The summed E-state index contributed by atoms with van der Waals surface area (Å²) in [5.41, 5.74) is 1.14. The molecule has 1 aromatic carbocycles. The van der Waals surface area contributed by atoms with Crippen molar-refractivity contribution in [2.75, 3.05) is 26.2 Å². The van der Waals surface area contributed by atoms with Gasteiger partial charge in [0.1, 0.15) is 0 Å². The molecule has 0 bridgehead atoms. The maximum atomic E-state index is 6.22. The molecule has 0 saturated carbocycles. The number of nitrogens with zero attached hydrogens (tertiary/aromatic N) is 1. The second kappa shape index (κ2) is 9.11. The number of halogens is 3. The highest BCUT2D eigenvalue weighted by atomic mass is 35.5. The van der Waals surface area contributed by atoms with Crippen molar-refractivity contribution >= 4 is 35.6 Å². The molecule has 0 aliphatic carbocycles.